The van der Waals surface area contributed by atoms with Gasteiger partial charge in [0.15, 0.2) is 11.5 Å². The molecule has 4 nitrogen and oxygen atoms in total. The van der Waals surface area contributed by atoms with Crippen molar-refractivity contribution in [2.45, 2.75) is 32.1 Å². The van der Waals surface area contributed by atoms with Crippen molar-refractivity contribution in [3.63, 3.8) is 0 Å². The highest BCUT2D eigenvalue weighted by molar-refractivity contribution is 5.77. The summed E-state index contributed by atoms with van der Waals surface area (Å²) in [7, 11) is 0. The van der Waals surface area contributed by atoms with Gasteiger partial charge < -0.3 is 0 Å². The topological polar surface area (TPSA) is 42.5 Å². The molecular weight excluding hydrogens is 344 g/mol. The second kappa shape index (κ2) is 8.17. The molecule has 0 fully saturated rings. The maximum Gasteiger partial charge on any atom is 0.181 e. The van der Waals surface area contributed by atoms with Gasteiger partial charge in [-0.2, -0.15) is 5.10 Å². The molecule has 0 saturated carbocycles. The summed E-state index contributed by atoms with van der Waals surface area (Å²) in [6.07, 6.45) is 15.7. The third-order valence-corrected chi connectivity index (χ3v) is 5.16. The number of hydrogen-bond donors (Lipinski definition) is 0. The first-order chi connectivity index (χ1) is 13.8. The Kier molecular flexibility index (Phi) is 5.29. The lowest BCUT2D eigenvalue weighted by atomic mass is 10.0. The molecule has 2 heterocycles. The van der Waals surface area contributed by atoms with E-state index in [0.29, 0.717) is 0 Å². The molecule has 0 spiro atoms. The summed E-state index contributed by atoms with van der Waals surface area (Å²) in [6, 6.07) is 10.5. The van der Waals surface area contributed by atoms with Gasteiger partial charge in [-0.05, 0) is 48.9 Å². The van der Waals surface area contributed by atoms with Crippen molar-refractivity contribution in [1.29, 1.82) is 0 Å². The van der Waals surface area contributed by atoms with Gasteiger partial charge in [0, 0.05) is 18.2 Å². The first-order valence-electron chi connectivity index (χ1n) is 9.71. The van der Waals surface area contributed by atoms with Gasteiger partial charge >= 0.3 is 0 Å². The molecule has 0 aliphatic heterocycles. The van der Waals surface area contributed by atoms with Gasteiger partial charge in [-0.1, -0.05) is 60.7 Å². The van der Waals surface area contributed by atoms with Crippen LogP contribution in [0.2, 0.25) is 0 Å². The van der Waals surface area contributed by atoms with E-state index in [0.717, 1.165) is 48.4 Å². The zero-order chi connectivity index (χ0) is 19.3. The van der Waals surface area contributed by atoms with Crippen molar-refractivity contribution < 1.29 is 0 Å². The molecule has 0 unspecified atom stereocenters. The van der Waals surface area contributed by atoms with Gasteiger partial charge in [-0.25, -0.2) is 9.50 Å². The summed E-state index contributed by atoms with van der Waals surface area (Å²) in [6.45, 7) is 7.50. The second-order valence-corrected chi connectivity index (χ2v) is 6.99. The van der Waals surface area contributed by atoms with Crippen LogP contribution < -0.4 is 10.4 Å². The van der Waals surface area contributed by atoms with Gasteiger partial charge in [0.2, 0.25) is 0 Å². The van der Waals surface area contributed by atoms with Gasteiger partial charge in [0.05, 0.1) is 0 Å². The minimum atomic E-state index is 0.735. The molecular formula is C24H24N4. The molecule has 140 valence electrons. The minimum absolute atomic E-state index is 0.735. The average molecular weight is 368 g/mol. The van der Waals surface area contributed by atoms with Crippen LogP contribution in [0, 0.1) is 0 Å². The van der Waals surface area contributed by atoms with E-state index in [1.165, 1.54) is 22.4 Å². The molecule has 0 bridgehead atoms. The van der Waals surface area contributed by atoms with Gasteiger partial charge in [-0.15, -0.1) is 0 Å². The fraction of sp³-hybridized carbons (Fsp3) is 0.208. The molecule has 0 amide bonds. The fourth-order valence-corrected chi connectivity index (χ4v) is 3.63. The maximum absolute atomic E-state index is 4.70. The SMILES string of the molecule is C=Cc1ccn2nc(CC/C3=C/C=c4/cccc/c4=C/CCC3)nc2c1N=C. The zero-order valence-electron chi connectivity index (χ0n) is 16.0. The van der Waals surface area contributed by atoms with Gasteiger partial charge in [-0.3, -0.25) is 4.99 Å². The van der Waals surface area contributed by atoms with Crippen LogP contribution in [0.25, 0.3) is 23.9 Å². The van der Waals surface area contributed by atoms with E-state index >= 15 is 0 Å². The summed E-state index contributed by atoms with van der Waals surface area (Å²) >= 11 is 0. The van der Waals surface area contributed by atoms with Crippen LogP contribution in [0.1, 0.15) is 37.1 Å². The summed E-state index contributed by atoms with van der Waals surface area (Å²) in [4.78, 5) is 8.82. The molecule has 2 aromatic heterocycles. The Bertz CT molecular complexity index is 1180. The van der Waals surface area contributed by atoms with Crippen molar-refractivity contribution in [3.05, 3.63) is 76.6 Å². The monoisotopic (exact) mass is 368 g/mol. The lowest BCUT2D eigenvalue weighted by Gasteiger charge is -2.04. The summed E-state index contributed by atoms with van der Waals surface area (Å²) in [5, 5.41) is 7.22. The van der Waals surface area contributed by atoms with E-state index in [-0.39, 0.29) is 0 Å². The van der Waals surface area contributed by atoms with Gasteiger partial charge in [0.25, 0.3) is 0 Å². The number of aliphatic imine (C=N–C) groups is 1. The Morgan fingerprint density at radius 2 is 1.96 bits per heavy atom. The van der Waals surface area contributed by atoms with Crippen molar-refractivity contribution in [2.24, 2.45) is 4.99 Å². The van der Waals surface area contributed by atoms with E-state index < -0.39 is 0 Å². The summed E-state index contributed by atoms with van der Waals surface area (Å²) < 4.78 is 1.78. The molecule has 0 atom stereocenters. The van der Waals surface area contributed by atoms with Crippen LogP contribution in [-0.2, 0) is 6.42 Å². The number of fused-ring (bicyclic) bond motifs is 2. The number of rotatable bonds is 5. The number of pyridine rings is 1. The van der Waals surface area contributed by atoms with Crippen LogP contribution in [-0.4, -0.2) is 21.3 Å². The molecule has 1 aliphatic carbocycles. The smallest absolute Gasteiger partial charge is 0.181 e. The Morgan fingerprint density at radius 3 is 2.79 bits per heavy atom. The molecule has 28 heavy (non-hydrogen) atoms. The average Bonchev–Trinajstić information content (AvgIpc) is 3.18. The highest BCUT2D eigenvalue weighted by Crippen LogP contribution is 2.25. The maximum atomic E-state index is 4.70. The van der Waals surface area contributed by atoms with E-state index in [4.69, 9.17) is 4.98 Å². The third kappa shape index (κ3) is 3.72. The Hall–Kier alpha value is -3.27. The third-order valence-electron chi connectivity index (χ3n) is 5.16. The van der Waals surface area contributed by atoms with E-state index in [2.05, 4.69) is 65.9 Å². The zero-order valence-corrected chi connectivity index (χ0v) is 16.0. The largest absolute Gasteiger partial charge is 0.260 e. The first kappa shape index (κ1) is 18.1. The van der Waals surface area contributed by atoms with E-state index in [1.54, 1.807) is 10.6 Å². The fourth-order valence-electron chi connectivity index (χ4n) is 3.63. The molecule has 4 rings (SSSR count). The highest BCUT2D eigenvalue weighted by Gasteiger charge is 2.11. The van der Waals surface area contributed by atoms with Gasteiger partial charge in [0.1, 0.15) is 5.69 Å². The molecule has 0 radical (unpaired) electrons. The summed E-state index contributed by atoms with van der Waals surface area (Å²) in [5.41, 5.74) is 3.84. The van der Waals surface area contributed by atoms with Crippen molar-refractivity contribution in [2.75, 3.05) is 0 Å². The molecule has 1 aliphatic rings. The minimum Gasteiger partial charge on any atom is -0.260 e. The predicted octanol–water partition coefficient (Wildman–Crippen LogP) is 4.01. The lowest BCUT2D eigenvalue weighted by molar-refractivity contribution is 0.765. The Morgan fingerprint density at radius 1 is 1.11 bits per heavy atom. The van der Waals surface area contributed by atoms with E-state index in [1.807, 2.05) is 12.3 Å². The molecule has 0 saturated heterocycles. The normalized spacial score (nSPS) is 18.2. The number of nitrogens with zero attached hydrogens (tertiary/aromatic N) is 4. The predicted molar refractivity (Wildman–Crippen MR) is 117 cm³/mol. The Labute approximate surface area is 165 Å². The standard InChI is InChI=1S/C24H24N4/c1-3-19-16-17-28-24(23(19)25-2)26-22(27-28)15-13-18-8-4-5-9-20-10-6-7-11-21(20)14-12-18/h3,6-7,9-12,14,16-17H,1-2,4-5,8,13,15H2/b18-12+,20-9-,21-14-. The van der Waals surface area contributed by atoms with Crippen LogP contribution in [0.5, 0.6) is 0 Å². The first-order valence-corrected chi connectivity index (χ1v) is 9.71. The van der Waals surface area contributed by atoms with Crippen molar-refractivity contribution in [1.82, 2.24) is 14.6 Å². The lowest BCUT2D eigenvalue weighted by Crippen LogP contribution is -2.22. The Balaban J connectivity index is 1.59. The number of benzene rings is 1. The van der Waals surface area contributed by atoms with Crippen LogP contribution in [0.4, 0.5) is 5.69 Å². The van der Waals surface area contributed by atoms with Crippen LogP contribution in [0.15, 0.2) is 59.7 Å². The van der Waals surface area contributed by atoms with Crippen LogP contribution in [0.3, 0.4) is 0 Å². The number of allylic oxidation sites excluding steroid dienone is 2. The summed E-state index contributed by atoms with van der Waals surface area (Å²) in [5.74, 6) is 0.832. The van der Waals surface area contributed by atoms with Crippen molar-refractivity contribution in [3.8, 4) is 0 Å². The number of hydrogen-bond acceptors (Lipinski definition) is 3. The highest BCUT2D eigenvalue weighted by atomic mass is 15.3. The van der Waals surface area contributed by atoms with E-state index in [9.17, 15) is 0 Å². The molecule has 1 aromatic carbocycles. The molecule has 0 N–H and O–H groups in total. The quantitative estimate of drug-likeness (QED) is 0.639. The van der Waals surface area contributed by atoms with Crippen molar-refractivity contribution >= 4 is 36.3 Å². The molecule has 4 heteroatoms. The molecule has 3 aromatic rings. The number of aromatic nitrogens is 3. The number of aryl methyl sites for hydroxylation is 1. The second-order valence-electron chi connectivity index (χ2n) is 6.99. The van der Waals surface area contributed by atoms with Crippen LogP contribution >= 0.6 is 0 Å².